The largest absolute Gasteiger partial charge is 0.355 e. The van der Waals surface area contributed by atoms with E-state index in [-0.39, 0.29) is 6.29 Å². The first kappa shape index (κ1) is 13.5. The van der Waals surface area contributed by atoms with Gasteiger partial charge in [0.1, 0.15) is 0 Å². The van der Waals surface area contributed by atoms with E-state index in [4.69, 9.17) is 9.47 Å². The van der Waals surface area contributed by atoms with E-state index >= 15 is 0 Å². The summed E-state index contributed by atoms with van der Waals surface area (Å²) < 4.78 is 9.89. The molecule has 0 heterocycles. The molecule has 0 saturated carbocycles. The fourth-order valence-corrected chi connectivity index (χ4v) is 0.543. The molecule has 0 fully saturated rings. The van der Waals surface area contributed by atoms with E-state index in [1.807, 2.05) is 32.8 Å². The minimum Gasteiger partial charge on any atom is -0.355 e. The molecule has 0 aromatic rings. The zero-order valence-corrected chi connectivity index (χ0v) is 8.55. The zero-order chi connectivity index (χ0) is 9.28. The predicted molar refractivity (Wildman–Crippen MR) is 47.7 cm³/mol. The van der Waals surface area contributed by atoms with Gasteiger partial charge < -0.3 is 14.4 Å². The quantitative estimate of drug-likeness (QED) is 0.581. The molecule has 3 heteroatoms. The third-order valence-corrected chi connectivity index (χ3v) is 1.04. The molecule has 0 saturated heterocycles. The normalized spacial score (nSPS) is 9.82. The molecule has 70 valence electrons. The summed E-state index contributed by atoms with van der Waals surface area (Å²) in [6.07, 6.45) is -0.0972. The predicted octanol–water partition coefficient (Wildman–Crippen LogP) is 1.19. The molecule has 3 nitrogen and oxygen atoms in total. The molecular weight excluding hydrogens is 142 g/mol. The maximum atomic E-state index is 4.95. The molecule has 0 atom stereocenters. The van der Waals surface area contributed by atoms with E-state index in [0.717, 1.165) is 6.54 Å². The Hall–Kier alpha value is -0.120. The van der Waals surface area contributed by atoms with Gasteiger partial charge in [-0.05, 0) is 14.1 Å². The summed E-state index contributed by atoms with van der Waals surface area (Å²) in [6.45, 7) is 4.80. The lowest BCUT2D eigenvalue weighted by molar-refractivity contribution is -0.111. The Morgan fingerprint density at radius 2 is 1.45 bits per heavy atom. The van der Waals surface area contributed by atoms with Crippen LogP contribution in [0.4, 0.5) is 0 Å². The van der Waals surface area contributed by atoms with Crippen LogP contribution in [0.2, 0.25) is 0 Å². The second-order valence-corrected chi connectivity index (χ2v) is 2.16. The number of hydrogen-bond donors (Lipinski definition) is 0. The molecule has 0 spiro atoms. The Bertz CT molecular complexity index is 63.1. The van der Waals surface area contributed by atoms with E-state index in [9.17, 15) is 0 Å². The second kappa shape index (κ2) is 9.88. The second-order valence-electron chi connectivity index (χ2n) is 2.16. The van der Waals surface area contributed by atoms with Crippen molar-refractivity contribution >= 4 is 0 Å². The number of hydrogen-bond acceptors (Lipinski definition) is 3. The highest BCUT2D eigenvalue weighted by molar-refractivity contribution is 4.45. The average Bonchev–Trinajstić information content (AvgIpc) is 2.03. The Morgan fingerprint density at radius 3 is 1.55 bits per heavy atom. The molecule has 0 aliphatic heterocycles. The SMILES string of the molecule is CC.COC(CN(C)C)OC. The summed E-state index contributed by atoms with van der Waals surface area (Å²) in [5.41, 5.74) is 0. The summed E-state index contributed by atoms with van der Waals surface area (Å²) in [5.74, 6) is 0. The van der Waals surface area contributed by atoms with Gasteiger partial charge >= 0.3 is 0 Å². The maximum absolute atomic E-state index is 4.95. The minimum absolute atomic E-state index is 0.0972. The third-order valence-electron chi connectivity index (χ3n) is 1.04. The Balaban J connectivity index is 0. The lowest BCUT2D eigenvalue weighted by Gasteiger charge is -2.17. The van der Waals surface area contributed by atoms with Gasteiger partial charge in [-0.15, -0.1) is 0 Å². The van der Waals surface area contributed by atoms with Crippen molar-refractivity contribution in [1.82, 2.24) is 4.90 Å². The van der Waals surface area contributed by atoms with Crippen LogP contribution in [-0.2, 0) is 9.47 Å². The number of ether oxygens (including phenoxy) is 2. The van der Waals surface area contributed by atoms with Crippen LogP contribution in [0.25, 0.3) is 0 Å². The van der Waals surface area contributed by atoms with Crippen LogP contribution in [-0.4, -0.2) is 46.0 Å². The lowest BCUT2D eigenvalue weighted by atomic mass is 10.6. The van der Waals surface area contributed by atoms with E-state index < -0.39 is 0 Å². The standard InChI is InChI=1S/C6H15NO2.C2H6/c1-7(2)5-6(8-3)9-4;1-2/h6H,5H2,1-4H3;1-2H3. The van der Waals surface area contributed by atoms with Gasteiger partial charge in [0.25, 0.3) is 0 Å². The van der Waals surface area contributed by atoms with Gasteiger partial charge in [0, 0.05) is 20.8 Å². The minimum atomic E-state index is -0.0972. The van der Waals surface area contributed by atoms with Gasteiger partial charge in [-0.2, -0.15) is 0 Å². The smallest absolute Gasteiger partial charge is 0.169 e. The Morgan fingerprint density at radius 1 is 1.09 bits per heavy atom. The first-order valence-electron chi connectivity index (χ1n) is 3.91. The van der Waals surface area contributed by atoms with Gasteiger partial charge in [-0.3, -0.25) is 0 Å². The number of rotatable bonds is 4. The van der Waals surface area contributed by atoms with Crippen LogP contribution in [0.15, 0.2) is 0 Å². The van der Waals surface area contributed by atoms with Crippen LogP contribution < -0.4 is 0 Å². The van der Waals surface area contributed by atoms with Crippen molar-refractivity contribution in [1.29, 1.82) is 0 Å². The van der Waals surface area contributed by atoms with Crippen LogP contribution in [0.5, 0.6) is 0 Å². The van der Waals surface area contributed by atoms with Gasteiger partial charge in [0.15, 0.2) is 6.29 Å². The highest BCUT2D eigenvalue weighted by Gasteiger charge is 2.04. The highest BCUT2D eigenvalue weighted by atomic mass is 16.7. The summed E-state index contributed by atoms with van der Waals surface area (Å²) in [4.78, 5) is 2.01. The van der Waals surface area contributed by atoms with Crippen LogP contribution in [0.3, 0.4) is 0 Å². The molecule has 0 radical (unpaired) electrons. The van der Waals surface area contributed by atoms with Crippen molar-refractivity contribution < 1.29 is 9.47 Å². The first-order valence-corrected chi connectivity index (χ1v) is 3.91. The van der Waals surface area contributed by atoms with Crippen molar-refractivity contribution in [2.24, 2.45) is 0 Å². The molecule has 0 aromatic carbocycles. The van der Waals surface area contributed by atoms with Crippen molar-refractivity contribution in [3.63, 3.8) is 0 Å². The Labute approximate surface area is 70.3 Å². The summed E-state index contributed by atoms with van der Waals surface area (Å²) >= 11 is 0. The van der Waals surface area contributed by atoms with Crippen molar-refractivity contribution in [2.45, 2.75) is 20.1 Å². The van der Waals surface area contributed by atoms with E-state index in [1.165, 1.54) is 0 Å². The maximum Gasteiger partial charge on any atom is 0.169 e. The zero-order valence-electron chi connectivity index (χ0n) is 8.55. The monoisotopic (exact) mass is 163 g/mol. The number of likely N-dealkylation sites (N-methyl/N-ethyl adjacent to an activating group) is 1. The molecule has 0 amide bonds. The van der Waals surface area contributed by atoms with Crippen LogP contribution in [0, 0.1) is 0 Å². The molecule has 0 bridgehead atoms. The van der Waals surface area contributed by atoms with Crippen LogP contribution in [0.1, 0.15) is 13.8 Å². The van der Waals surface area contributed by atoms with Gasteiger partial charge in [-0.1, -0.05) is 13.8 Å². The van der Waals surface area contributed by atoms with Gasteiger partial charge in [0.2, 0.25) is 0 Å². The fourth-order valence-electron chi connectivity index (χ4n) is 0.543. The molecule has 0 aliphatic rings. The molecule has 0 aliphatic carbocycles. The Kier molecular flexibility index (Phi) is 12.1. The van der Waals surface area contributed by atoms with Crippen molar-refractivity contribution in [3.05, 3.63) is 0 Å². The molecular formula is C8H21NO2. The first-order chi connectivity index (χ1) is 5.20. The van der Waals surface area contributed by atoms with Crippen molar-refractivity contribution in [2.75, 3.05) is 34.9 Å². The average molecular weight is 163 g/mol. The number of methoxy groups -OCH3 is 2. The lowest BCUT2D eigenvalue weighted by Crippen LogP contribution is -2.28. The fraction of sp³-hybridized carbons (Fsp3) is 1.00. The van der Waals surface area contributed by atoms with Gasteiger partial charge in [0.05, 0.1) is 0 Å². The molecule has 0 rings (SSSR count). The summed E-state index contributed by atoms with van der Waals surface area (Å²) in [5, 5.41) is 0. The molecule has 0 N–H and O–H groups in total. The highest BCUT2D eigenvalue weighted by Crippen LogP contribution is 1.90. The van der Waals surface area contributed by atoms with Gasteiger partial charge in [-0.25, -0.2) is 0 Å². The molecule has 11 heavy (non-hydrogen) atoms. The topological polar surface area (TPSA) is 21.7 Å². The molecule has 0 unspecified atom stereocenters. The molecule has 0 aromatic heterocycles. The van der Waals surface area contributed by atoms with E-state index in [2.05, 4.69) is 0 Å². The van der Waals surface area contributed by atoms with Crippen LogP contribution >= 0.6 is 0 Å². The third kappa shape index (κ3) is 9.88. The van der Waals surface area contributed by atoms with E-state index in [1.54, 1.807) is 14.2 Å². The summed E-state index contributed by atoms with van der Waals surface area (Å²) in [6, 6.07) is 0. The number of nitrogens with zero attached hydrogens (tertiary/aromatic N) is 1. The summed E-state index contributed by atoms with van der Waals surface area (Å²) in [7, 11) is 7.23. The van der Waals surface area contributed by atoms with Crippen molar-refractivity contribution in [3.8, 4) is 0 Å². The van der Waals surface area contributed by atoms with E-state index in [0.29, 0.717) is 0 Å².